The van der Waals surface area contributed by atoms with Gasteiger partial charge in [-0.2, -0.15) is 0 Å². The molecule has 0 aliphatic heterocycles. The molecule has 0 heterocycles. The van der Waals surface area contributed by atoms with Gasteiger partial charge in [-0.1, -0.05) is 150 Å². The summed E-state index contributed by atoms with van der Waals surface area (Å²) >= 11 is 0. The van der Waals surface area contributed by atoms with E-state index in [1.54, 1.807) is 0 Å². The Labute approximate surface area is 203 Å². The quantitative estimate of drug-likeness (QED) is 0.102. The molecule has 0 fully saturated rings. The van der Waals surface area contributed by atoms with Crippen molar-refractivity contribution in [2.24, 2.45) is 11.8 Å². The van der Waals surface area contributed by atoms with E-state index in [9.17, 15) is 4.79 Å². The van der Waals surface area contributed by atoms with Crippen molar-refractivity contribution < 1.29 is 9.53 Å². The number of unbranched alkanes of at least 4 members (excludes halogenated alkanes) is 16. The highest BCUT2D eigenvalue weighted by atomic mass is 16.5. The lowest BCUT2D eigenvalue weighted by atomic mass is 9.95. The van der Waals surface area contributed by atoms with E-state index in [1.807, 2.05) is 0 Å². The van der Waals surface area contributed by atoms with Crippen LogP contribution in [0.25, 0.3) is 0 Å². The van der Waals surface area contributed by atoms with Crippen LogP contribution < -0.4 is 0 Å². The number of rotatable bonds is 25. The zero-order valence-corrected chi connectivity index (χ0v) is 22.7. The van der Waals surface area contributed by atoms with Crippen LogP contribution in [0.3, 0.4) is 0 Å². The molecule has 2 heteroatoms. The fraction of sp³-hybridized carbons (Fsp3) is 0.967. The molecule has 0 aromatic heterocycles. The number of hydrogen-bond acceptors (Lipinski definition) is 2. The summed E-state index contributed by atoms with van der Waals surface area (Å²) in [5, 5.41) is 0. The minimum Gasteiger partial charge on any atom is -0.465 e. The van der Waals surface area contributed by atoms with Gasteiger partial charge in [0.25, 0.3) is 0 Å². The van der Waals surface area contributed by atoms with E-state index in [0.717, 1.165) is 6.42 Å². The number of hydrogen-bond donors (Lipinski definition) is 0. The van der Waals surface area contributed by atoms with Crippen molar-refractivity contribution in [3.05, 3.63) is 0 Å². The zero-order valence-electron chi connectivity index (χ0n) is 22.7. The van der Waals surface area contributed by atoms with Gasteiger partial charge >= 0.3 is 5.97 Å². The molecule has 1 unspecified atom stereocenters. The first-order valence-corrected chi connectivity index (χ1v) is 14.8. The molecule has 0 saturated heterocycles. The van der Waals surface area contributed by atoms with E-state index in [-0.39, 0.29) is 11.9 Å². The van der Waals surface area contributed by atoms with Gasteiger partial charge in [-0.25, -0.2) is 0 Å². The minimum atomic E-state index is 0.0477. The van der Waals surface area contributed by atoms with Crippen LogP contribution in [0.4, 0.5) is 0 Å². The van der Waals surface area contributed by atoms with Crippen molar-refractivity contribution in [2.45, 2.75) is 169 Å². The topological polar surface area (TPSA) is 26.3 Å². The third-order valence-electron chi connectivity index (χ3n) is 7.04. The Balaban J connectivity index is 3.99. The Bertz CT molecular complexity index is 365. The predicted molar refractivity (Wildman–Crippen MR) is 142 cm³/mol. The van der Waals surface area contributed by atoms with Crippen LogP contribution in [0.15, 0.2) is 0 Å². The van der Waals surface area contributed by atoms with E-state index in [4.69, 9.17) is 4.74 Å². The summed E-state index contributed by atoms with van der Waals surface area (Å²) in [7, 11) is 0. The second-order valence-corrected chi connectivity index (χ2v) is 10.4. The summed E-state index contributed by atoms with van der Waals surface area (Å²) < 4.78 is 5.82. The Morgan fingerprint density at radius 1 is 0.531 bits per heavy atom. The van der Waals surface area contributed by atoms with Gasteiger partial charge in [0.2, 0.25) is 0 Å². The van der Waals surface area contributed by atoms with Crippen LogP contribution in [-0.4, -0.2) is 12.6 Å². The standard InChI is InChI=1S/C30H60O2/c1-5-8-11-14-15-16-17-20-21-24-28(4)30(31)32-27-29(25-22-18-12-9-6-2)26-23-19-13-10-7-3/h28-29H,5-27H2,1-4H3. The normalized spacial score (nSPS) is 12.4. The van der Waals surface area contributed by atoms with Crippen LogP contribution in [0.1, 0.15) is 169 Å². The van der Waals surface area contributed by atoms with Crippen molar-refractivity contribution in [1.29, 1.82) is 0 Å². The molecule has 0 amide bonds. The first-order valence-electron chi connectivity index (χ1n) is 14.8. The van der Waals surface area contributed by atoms with Gasteiger partial charge in [0, 0.05) is 0 Å². The molecule has 2 nitrogen and oxygen atoms in total. The second kappa shape index (κ2) is 25.1. The van der Waals surface area contributed by atoms with Crippen molar-refractivity contribution in [3.8, 4) is 0 Å². The van der Waals surface area contributed by atoms with Gasteiger partial charge in [0.05, 0.1) is 12.5 Å². The summed E-state index contributed by atoms with van der Waals surface area (Å²) in [5.41, 5.74) is 0. The van der Waals surface area contributed by atoms with Gasteiger partial charge in [0.1, 0.15) is 0 Å². The van der Waals surface area contributed by atoms with Crippen molar-refractivity contribution in [1.82, 2.24) is 0 Å². The molecular formula is C30H60O2. The highest BCUT2D eigenvalue weighted by Gasteiger charge is 2.17. The monoisotopic (exact) mass is 452 g/mol. The van der Waals surface area contributed by atoms with Crippen molar-refractivity contribution in [3.63, 3.8) is 0 Å². The summed E-state index contributed by atoms with van der Waals surface area (Å²) in [6.07, 6.45) is 28.8. The molecule has 0 aromatic rings. The first kappa shape index (κ1) is 31.5. The molecule has 192 valence electrons. The minimum absolute atomic E-state index is 0.0477. The Hall–Kier alpha value is -0.530. The Kier molecular flexibility index (Phi) is 24.7. The number of carbonyl (C=O) groups is 1. The highest BCUT2D eigenvalue weighted by molar-refractivity contribution is 5.71. The van der Waals surface area contributed by atoms with Crippen LogP contribution in [0.2, 0.25) is 0 Å². The fourth-order valence-corrected chi connectivity index (χ4v) is 4.61. The molecule has 0 bridgehead atoms. The molecule has 32 heavy (non-hydrogen) atoms. The van der Waals surface area contributed by atoms with E-state index in [1.165, 1.54) is 135 Å². The molecule has 0 aliphatic carbocycles. The van der Waals surface area contributed by atoms with Gasteiger partial charge in [-0.3, -0.25) is 4.79 Å². The molecule has 0 aromatic carbocycles. The summed E-state index contributed by atoms with van der Waals surface area (Å²) in [6.45, 7) is 9.54. The van der Waals surface area contributed by atoms with Gasteiger partial charge in [-0.05, 0) is 25.2 Å². The molecular weight excluding hydrogens is 392 g/mol. The third kappa shape index (κ3) is 21.3. The van der Waals surface area contributed by atoms with Gasteiger partial charge in [-0.15, -0.1) is 0 Å². The molecule has 0 radical (unpaired) electrons. The first-order chi connectivity index (χ1) is 15.7. The van der Waals surface area contributed by atoms with Crippen LogP contribution in [-0.2, 0) is 9.53 Å². The van der Waals surface area contributed by atoms with Crippen molar-refractivity contribution >= 4 is 5.97 Å². The average molecular weight is 453 g/mol. The van der Waals surface area contributed by atoms with E-state index in [2.05, 4.69) is 27.7 Å². The predicted octanol–water partition coefficient (Wildman–Crippen LogP) is 10.4. The lowest BCUT2D eigenvalue weighted by Gasteiger charge is -2.19. The van der Waals surface area contributed by atoms with Crippen molar-refractivity contribution in [2.75, 3.05) is 6.61 Å². The molecule has 0 N–H and O–H groups in total. The Morgan fingerprint density at radius 3 is 1.28 bits per heavy atom. The number of ether oxygens (including phenoxy) is 1. The zero-order chi connectivity index (χ0) is 23.7. The fourth-order valence-electron chi connectivity index (χ4n) is 4.61. The maximum Gasteiger partial charge on any atom is 0.308 e. The molecule has 0 spiro atoms. The molecule has 1 atom stereocenters. The lowest BCUT2D eigenvalue weighted by molar-refractivity contribution is -0.149. The Morgan fingerprint density at radius 2 is 0.875 bits per heavy atom. The summed E-state index contributed by atoms with van der Waals surface area (Å²) in [6, 6.07) is 0. The average Bonchev–Trinajstić information content (AvgIpc) is 2.80. The SMILES string of the molecule is CCCCCCCCCCCC(C)C(=O)OCC(CCCCCCC)CCCCCCC. The van der Waals surface area contributed by atoms with E-state index in [0.29, 0.717) is 12.5 Å². The lowest BCUT2D eigenvalue weighted by Crippen LogP contribution is -2.20. The second-order valence-electron chi connectivity index (χ2n) is 10.4. The van der Waals surface area contributed by atoms with Crippen LogP contribution in [0, 0.1) is 11.8 Å². The molecule has 0 aliphatic rings. The summed E-state index contributed by atoms with van der Waals surface area (Å²) in [4.78, 5) is 12.5. The number of esters is 1. The van der Waals surface area contributed by atoms with Gasteiger partial charge < -0.3 is 4.74 Å². The summed E-state index contributed by atoms with van der Waals surface area (Å²) in [5.74, 6) is 0.683. The number of carbonyl (C=O) groups excluding carboxylic acids is 1. The smallest absolute Gasteiger partial charge is 0.308 e. The highest BCUT2D eigenvalue weighted by Crippen LogP contribution is 2.21. The van der Waals surface area contributed by atoms with Gasteiger partial charge in [0.15, 0.2) is 0 Å². The van der Waals surface area contributed by atoms with E-state index < -0.39 is 0 Å². The molecule has 0 saturated carbocycles. The maximum atomic E-state index is 12.5. The van der Waals surface area contributed by atoms with Crippen LogP contribution in [0.5, 0.6) is 0 Å². The maximum absolute atomic E-state index is 12.5. The largest absolute Gasteiger partial charge is 0.465 e. The molecule has 0 rings (SSSR count). The van der Waals surface area contributed by atoms with Crippen LogP contribution >= 0.6 is 0 Å². The third-order valence-corrected chi connectivity index (χ3v) is 7.04. The van der Waals surface area contributed by atoms with E-state index >= 15 is 0 Å².